The van der Waals surface area contributed by atoms with Gasteiger partial charge in [-0.15, -0.1) is 5.10 Å². The van der Waals surface area contributed by atoms with Crippen LogP contribution in [0.15, 0.2) is 60.0 Å². The number of carbonyl (C=O) groups is 1. The molecule has 0 amide bonds. The molecule has 0 spiro atoms. The number of nitrogens with one attached hydrogen (secondary N) is 1. The van der Waals surface area contributed by atoms with Gasteiger partial charge in [-0.3, -0.25) is 5.10 Å². The van der Waals surface area contributed by atoms with Crippen molar-refractivity contribution in [1.29, 1.82) is 5.26 Å². The van der Waals surface area contributed by atoms with Gasteiger partial charge in [-0.1, -0.05) is 24.3 Å². The van der Waals surface area contributed by atoms with Crippen LogP contribution in [0.2, 0.25) is 0 Å². The lowest BCUT2D eigenvalue weighted by Crippen LogP contribution is -2.21. The molecule has 1 atom stereocenters. The Morgan fingerprint density at radius 1 is 1.23 bits per heavy atom. The average molecular weight is 402 g/mol. The molecule has 8 heteroatoms. The molecule has 0 saturated carbocycles. The van der Waals surface area contributed by atoms with Crippen molar-refractivity contribution in [3.05, 3.63) is 82.4 Å². The Labute approximate surface area is 172 Å². The van der Waals surface area contributed by atoms with Crippen LogP contribution in [0, 0.1) is 18.3 Å². The largest absolute Gasteiger partial charge is 0.493 e. The minimum absolute atomic E-state index is 0.0000451. The summed E-state index contributed by atoms with van der Waals surface area (Å²) in [6.07, 6.45) is 0. The first-order valence-corrected chi connectivity index (χ1v) is 9.11. The molecule has 1 aliphatic rings. The van der Waals surface area contributed by atoms with E-state index in [0.29, 0.717) is 17.2 Å². The predicted molar refractivity (Wildman–Crippen MR) is 107 cm³/mol. The molecule has 2 heterocycles. The highest BCUT2D eigenvalue weighted by molar-refractivity contribution is 5.91. The van der Waals surface area contributed by atoms with Gasteiger partial charge in [0.05, 0.1) is 18.6 Å². The summed E-state index contributed by atoms with van der Waals surface area (Å²) in [4.78, 5) is 12.4. The van der Waals surface area contributed by atoms with Crippen molar-refractivity contribution in [2.75, 3.05) is 7.11 Å². The summed E-state index contributed by atoms with van der Waals surface area (Å²) < 4.78 is 16.4. The van der Waals surface area contributed by atoms with Gasteiger partial charge in [0.2, 0.25) is 11.8 Å². The highest BCUT2D eigenvalue weighted by Crippen LogP contribution is 2.44. The van der Waals surface area contributed by atoms with Crippen LogP contribution >= 0.6 is 0 Å². The number of carbonyl (C=O) groups excluding carboxylic acids is 1. The molecule has 0 unspecified atom stereocenters. The molecule has 0 saturated heterocycles. The number of esters is 1. The fourth-order valence-corrected chi connectivity index (χ4v) is 3.41. The molecule has 2 aromatic carbocycles. The molecular formula is C22H18N4O4. The van der Waals surface area contributed by atoms with Crippen LogP contribution in [-0.2, 0) is 0 Å². The third-order valence-corrected chi connectivity index (χ3v) is 4.86. The van der Waals surface area contributed by atoms with Gasteiger partial charge in [0, 0.05) is 11.3 Å². The molecule has 4 rings (SSSR count). The first-order valence-electron chi connectivity index (χ1n) is 9.11. The van der Waals surface area contributed by atoms with Crippen molar-refractivity contribution in [3.8, 4) is 23.4 Å². The summed E-state index contributed by atoms with van der Waals surface area (Å²) >= 11 is 0. The molecule has 1 aromatic heterocycles. The summed E-state index contributed by atoms with van der Waals surface area (Å²) in [5, 5.41) is 16.6. The van der Waals surface area contributed by atoms with Crippen molar-refractivity contribution in [1.82, 2.24) is 10.2 Å². The highest BCUT2D eigenvalue weighted by atomic mass is 16.6. The molecule has 3 N–H and O–H groups in total. The standard InChI is InChI=1S/C22H18N4O4/c1-12-18-19(15(11-23)20(24)30-21(18)26-25-12)14-8-9-16(17(10-14)28-2)29-22(27)13-6-4-3-5-7-13/h3-10,19H,24H2,1-2H3,(H,25,26)/t19-/m1/s1. The Balaban J connectivity index is 1.73. The highest BCUT2D eigenvalue weighted by Gasteiger charge is 2.34. The molecular weight excluding hydrogens is 384 g/mol. The third-order valence-electron chi connectivity index (χ3n) is 4.86. The number of rotatable bonds is 4. The molecule has 0 aliphatic carbocycles. The Morgan fingerprint density at radius 2 is 2.00 bits per heavy atom. The molecule has 0 radical (unpaired) electrons. The summed E-state index contributed by atoms with van der Waals surface area (Å²) in [6, 6.07) is 15.9. The summed E-state index contributed by atoms with van der Waals surface area (Å²) in [7, 11) is 1.48. The van der Waals surface area contributed by atoms with Crippen LogP contribution in [0.3, 0.4) is 0 Å². The first-order chi connectivity index (χ1) is 14.5. The number of nitriles is 1. The number of allylic oxidation sites excluding steroid dienone is 1. The Morgan fingerprint density at radius 3 is 2.70 bits per heavy atom. The van der Waals surface area contributed by atoms with Crippen molar-refractivity contribution in [2.45, 2.75) is 12.8 Å². The quantitative estimate of drug-likeness (QED) is 0.507. The normalized spacial score (nSPS) is 15.0. The number of H-pyrrole nitrogens is 1. The van der Waals surface area contributed by atoms with E-state index in [0.717, 1.165) is 16.8 Å². The number of nitrogens with zero attached hydrogens (tertiary/aromatic N) is 2. The van der Waals surface area contributed by atoms with Gasteiger partial charge in [0.15, 0.2) is 11.5 Å². The minimum Gasteiger partial charge on any atom is -0.493 e. The van der Waals surface area contributed by atoms with Gasteiger partial charge >= 0.3 is 5.97 Å². The lowest BCUT2D eigenvalue weighted by molar-refractivity contribution is 0.0729. The number of aromatic nitrogens is 2. The van der Waals surface area contributed by atoms with Crippen LogP contribution in [-0.4, -0.2) is 23.3 Å². The number of aryl methyl sites for hydroxylation is 1. The molecule has 30 heavy (non-hydrogen) atoms. The van der Waals surface area contributed by atoms with E-state index in [1.165, 1.54) is 7.11 Å². The Kier molecular flexibility index (Phi) is 4.86. The maximum Gasteiger partial charge on any atom is 0.343 e. The smallest absolute Gasteiger partial charge is 0.343 e. The van der Waals surface area contributed by atoms with E-state index in [1.54, 1.807) is 42.5 Å². The number of fused-ring (bicyclic) bond motifs is 1. The minimum atomic E-state index is -0.498. The van der Waals surface area contributed by atoms with Crippen molar-refractivity contribution < 1.29 is 19.0 Å². The van der Waals surface area contributed by atoms with Crippen LogP contribution < -0.4 is 19.9 Å². The van der Waals surface area contributed by atoms with Crippen molar-refractivity contribution >= 4 is 5.97 Å². The molecule has 3 aromatic rings. The zero-order valence-electron chi connectivity index (χ0n) is 16.3. The number of aromatic amines is 1. The first kappa shape index (κ1) is 19.1. The second-order valence-corrected chi connectivity index (χ2v) is 6.66. The van der Waals surface area contributed by atoms with Gasteiger partial charge < -0.3 is 19.9 Å². The maximum absolute atomic E-state index is 12.4. The second-order valence-electron chi connectivity index (χ2n) is 6.66. The van der Waals surface area contributed by atoms with Crippen LogP contribution in [0.1, 0.15) is 33.1 Å². The summed E-state index contributed by atoms with van der Waals surface area (Å²) in [5.41, 5.74) is 8.84. The van der Waals surface area contributed by atoms with E-state index < -0.39 is 11.9 Å². The van der Waals surface area contributed by atoms with Crippen LogP contribution in [0.4, 0.5) is 0 Å². The van der Waals surface area contributed by atoms with E-state index >= 15 is 0 Å². The fourth-order valence-electron chi connectivity index (χ4n) is 3.41. The molecule has 0 fully saturated rings. The monoisotopic (exact) mass is 402 g/mol. The number of hydrogen-bond acceptors (Lipinski definition) is 7. The lowest BCUT2D eigenvalue weighted by atomic mass is 9.84. The zero-order valence-corrected chi connectivity index (χ0v) is 16.3. The van der Waals surface area contributed by atoms with E-state index in [-0.39, 0.29) is 17.2 Å². The van der Waals surface area contributed by atoms with E-state index in [2.05, 4.69) is 16.3 Å². The van der Waals surface area contributed by atoms with Crippen molar-refractivity contribution in [3.63, 3.8) is 0 Å². The number of hydrogen-bond donors (Lipinski definition) is 2. The number of benzene rings is 2. The maximum atomic E-state index is 12.4. The van der Waals surface area contributed by atoms with E-state index in [4.69, 9.17) is 19.9 Å². The topological polar surface area (TPSA) is 123 Å². The summed E-state index contributed by atoms with van der Waals surface area (Å²) in [5.74, 6) is -0.0519. The average Bonchev–Trinajstić information content (AvgIpc) is 3.13. The molecule has 1 aliphatic heterocycles. The molecule has 8 nitrogen and oxygen atoms in total. The number of methoxy groups -OCH3 is 1. The van der Waals surface area contributed by atoms with Gasteiger partial charge in [0.25, 0.3) is 0 Å². The van der Waals surface area contributed by atoms with E-state index in [1.807, 2.05) is 13.0 Å². The SMILES string of the molecule is COc1cc([C@@H]2C(C#N)=C(N)Oc3n[nH]c(C)c32)ccc1OC(=O)c1ccccc1. The molecule has 0 bridgehead atoms. The van der Waals surface area contributed by atoms with Gasteiger partial charge in [-0.2, -0.15) is 5.26 Å². The van der Waals surface area contributed by atoms with Crippen molar-refractivity contribution in [2.24, 2.45) is 5.73 Å². The Hall–Kier alpha value is -4.25. The van der Waals surface area contributed by atoms with Crippen LogP contribution in [0.5, 0.6) is 17.4 Å². The molecule has 150 valence electrons. The fraction of sp³-hybridized carbons (Fsp3) is 0.136. The third kappa shape index (κ3) is 3.22. The number of ether oxygens (including phenoxy) is 3. The lowest BCUT2D eigenvalue weighted by Gasteiger charge is -2.24. The second kappa shape index (κ2) is 7.64. The Bertz CT molecular complexity index is 1190. The van der Waals surface area contributed by atoms with Gasteiger partial charge in [-0.25, -0.2) is 4.79 Å². The predicted octanol–water partition coefficient (Wildman–Crippen LogP) is 3.16. The van der Waals surface area contributed by atoms with Crippen LogP contribution in [0.25, 0.3) is 0 Å². The number of nitrogens with two attached hydrogens (primary N) is 1. The van der Waals surface area contributed by atoms with Gasteiger partial charge in [0.1, 0.15) is 11.6 Å². The van der Waals surface area contributed by atoms with E-state index in [9.17, 15) is 10.1 Å². The van der Waals surface area contributed by atoms with Gasteiger partial charge in [-0.05, 0) is 36.8 Å². The zero-order chi connectivity index (χ0) is 21.3. The summed E-state index contributed by atoms with van der Waals surface area (Å²) in [6.45, 7) is 1.84.